The van der Waals surface area contributed by atoms with Gasteiger partial charge in [-0.2, -0.15) is 0 Å². The van der Waals surface area contributed by atoms with Crippen LogP contribution in [-0.4, -0.2) is 33.8 Å². The summed E-state index contributed by atoms with van der Waals surface area (Å²) in [6.07, 6.45) is 4.84. The molecule has 2 N–H and O–H groups in total. The first-order valence-corrected chi connectivity index (χ1v) is 5.28. The molecule has 0 saturated carbocycles. The Bertz CT molecular complexity index is 191. The first-order chi connectivity index (χ1) is 5.63. The van der Waals surface area contributed by atoms with Crippen molar-refractivity contribution >= 4 is 16.8 Å². The van der Waals surface area contributed by atoms with E-state index in [4.69, 9.17) is 5.11 Å². The molecule has 0 aliphatic carbocycles. The summed E-state index contributed by atoms with van der Waals surface area (Å²) in [5, 5.41) is 11.0. The lowest BCUT2D eigenvalue weighted by atomic mass is 10.5. The van der Waals surface area contributed by atoms with Gasteiger partial charge in [-0.3, -0.25) is 4.21 Å². The molecule has 1 atom stereocenters. The number of carboxylic acids is 1. The minimum atomic E-state index is -0.971. The maximum Gasteiger partial charge on any atom is 0.329 e. The molecule has 0 aliphatic rings. The molecule has 0 fully saturated rings. The first-order valence-electron chi connectivity index (χ1n) is 3.56. The van der Waals surface area contributed by atoms with Gasteiger partial charge in [0.25, 0.3) is 0 Å². The summed E-state index contributed by atoms with van der Waals surface area (Å²) in [6, 6.07) is 0. The molecule has 0 aliphatic heterocycles. The highest BCUT2D eigenvalue weighted by molar-refractivity contribution is 7.84. The van der Waals surface area contributed by atoms with Crippen LogP contribution in [0.4, 0.5) is 0 Å². The van der Waals surface area contributed by atoms with E-state index in [1.807, 2.05) is 0 Å². The monoisotopic (exact) mass is 191 g/mol. The molecule has 0 amide bonds. The van der Waals surface area contributed by atoms with Gasteiger partial charge in [0.2, 0.25) is 0 Å². The normalized spacial score (nSPS) is 13.1. The van der Waals surface area contributed by atoms with E-state index < -0.39 is 16.8 Å². The van der Waals surface area contributed by atoms with Gasteiger partial charge in [-0.15, -0.1) is 0 Å². The van der Waals surface area contributed by atoms with Crippen molar-refractivity contribution in [3.63, 3.8) is 0 Å². The van der Waals surface area contributed by atoms with E-state index in [0.29, 0.717) is 12.3 Å². The smallest absolute Gasteiger partial charge is 0.329 e. The van der Waals surface area contributed by atoms with Gasteiger partial charge >= 0.3 is 5.97 Å². The maximum atomic E-state index is 10.6. The van der Waals surface area contributed by atoms with Gasteiger partial charge in [-0.05, 0) is 6.42 Å². The average Bonchev–Trinajstić information content (AvgIpc) is 1.95. The van der Waals surface area contributed by atoms with E-state index in [1.54, 1.807) is 6.26 Å². The summed E-state index contributed by atoms with van der Waals surface area (Å²) in [6.45, 7) is 0.656. The fourth-order valence-electron chi connectivity index (χ4n) is 0.591. The van der Waals surface area contributed by atoms with Gasteiger partial charge < -0.3 is 10.4 Å². The summed E-state index contributed by atoms with van der Waals surface area (Å²) in [7, 11) is -0.760. The molecule has 0 spiro atoms. The van der Waals surface area contributed by atoms with E-state index in [1.165, 1.54) is 6.20 Å². The Morgan fingerprint density at radius 2 is 2.33 bits per heavy atom. The molecule has 0 aromatic carbocycles. The average molecular weight is 191 g/mol. The summed E-state index contributed by atoms with van der Waals surface area (Å²) >= 11 is 0. The quantitative estimate of drug-likeness (QED) is 0.456. The Labute approximate surface area is 74.1 Å². The van der Waals surface area contributed by atoms with Crippen LogP contribution in [0, 0.1) is 0 Å². The second-order valence-corrected chi connectivity index (χ2v) is 3.81. The second-order valence-electron chi connectivity index (χ2n) is 2.26. The zero-order valence-corrected chi connectivity index (χ0v) is 7.76. The van der Waals surface area contributed by atoms with Crippen molar-refractivity contribution in [3.05, 3.63) is 12.3 Å². The van der Waals surface area contributed by atoms with Gasteiger partial charge in [0.05, 0.1) is 0 Å². The highest BCUT2D eigenvalue weighted by Crippen LogP contribution is 1.81. The van der Waals surface area contributed by atoms with Gasteiger partial charge in [0.15, 0.2) is 0 Å². The van der Waals surface area contributed by atoms with Crippen molar-refractivity contribution in [1.29, 1.82) is 0 Å². The molecule has 0 saturated heterocycles. The Morgan fingerprint density at radius 1 is 1.67 bits per heavy atom. The fraction of sp³-hybridized carbons (Fsp3) is 0.571. The number of carboxylic acid groups (broad SMARTS) is 1. The topological polar surface area (TPSA) is 66.4 Å². The molecule has 0 aromatic heterocycles. The molecule has 0 radical (unpaired) electrons. The standard InChI is InChI=1S/C7H13NO3S/c1-12(11)6-2-4-8-5-3-7(9)10/h3,5,8H,2,4,6H2,1H3,(H,9,10)/b5-3+. The summed E-state index contributed by atoms with van der Waals surface area (Å²) in [5.74, 6) is -0.324. The Morgan fingerprint density at radius 3 is 2.83 bits per heavy atom. The second kappa shape index (κ2) is 6.84. The largest absolute Gasteiger partial charge is 0.478 e. The van der Waals surface area contributed by atoms with E-state index in [9.17, 15) is 9.00 Å². The van der Waals surface area contributed by atoms with E-state index >= 15 is 0 Å². The van der Waals surface area contributed by atoms with Crippen LogP contribution in [0.15, 0.2) is 12.3 Å². The van der Waals surface area contributed by atoms with Crippen LogP contribution in [0.5, 0.6) is 0 Å². The highest BCUT2D eigenvalue weighted by Gasteiger charge is 1.89. The van der Waals surface area contributed by atoms with Crippen molar-refractivity contribution in [2.45, 2.75) is 6.42 Å². The van der Waals surface area contributed by atoms with E-state index in [0.717, 1.165) is 12.5 Å². The highest BCUT2D eigenvalue weighted by atomic mass is 32.2. The number of hydrogen-bond donors (Lipinski definition) is 2. The van der Waals surface area contributed by atoms with Crippen LogP contribution in [0.1, 0.15) is 6.42 Å². The third-order valence-corrected chi connectivity index (χ3v) is 1.96. The van der Waals surface area contributed by atoms with Gasteiger partial charge in [0, 0.05) is 41.6 Å². The van der Waals surface area contributed by atoms with Gasteiger partial charge in [-0.1, -0.05) is 0 Å². The molecule has 0 aromatic rings. The third kappa shape index (κ3) is 9.16. The molecule has 1 unspecified atom stereocenters. The Balaban J connectivity index is 3.21. The van der Waals surface area contributed by atoms with Crippen LogP contribution in [-0.2, 0) is 15.6 Å². The fourth-order valence-corrected chi connectivity index (χ4v) is 1.14. The van der Waals surface area contributed by atoms with Crippen molar-refractivity contribution in [2.75, 3.05) is 18.6 Å². The van der Waals surface area contributed by atoms with Crippen LogP contribution in [0.3, 0.4) is 0 Å². The molecule has 0 bridgehead atoms. The molecule has 0 rings (SSSR count). The first kappa shape index (κ1) is 11.2. The maximum absolute atomic E-state index is 10.6. The number of aliphatic carboxylic acids is 1. The summed E-state index contributed by atoms with van der Waals surface area (Å²) in [5.41, 5.74) is 0. The van der Waals surface area contributed by atoms with E-state index in [-0.39, 0.29) is 0 Å². The van der Waals surface area contributed by atoms with Crippen molar-refractivity contribution < 1.29 is 14.1 Å². The minimum absolute atomic E-state index is 0.647. The summed E-state index contributed by atoms with van der Waals surface area (Å²) < 4.78 is 10.6. The molecule has 70 valence electrons. The Kier molecular flexibility index (Phi) is 6.37. The molecule has 12 heavy (non-hydrogen) atoms. The van der Waals surface area contributed by atoms with Crippen molar-refractivity contribution in [2.24, 2.45) is 0 Å². The SMILES string of the molecule is CS(=O)CCCN/C=C/C(=O)O. The molecule has 4 nitrogen and oxygen atoms in total. The number of carbonyl (C=O) groups is 1. The number of rotatable bonds is 6. The number of nitrogens with one attached hydrogen (secondary N) is 1. The number of hydrogen-bond acceptors (Lipinski definition) is 3. The summed E-state index contributed by atoms with van der Waals surface area (Å²) in [4.78, 5) is 9.96. The lowest BCUT2D eigenvalue weighted by Gasteiger charge is -1.97. The zero-order valence-electron chi connectivity index (χ0n) is 6.95. The predicted octanol–water partition coefficient (Wildman–Crippen LogP) is -0.0571. The van der Waals surface area contributed by atoms with Crippen molar-refractivity contribution in [1.82, 2.24) is 5.32 Å². The van der Waals surface area contributed by atoms with Gasteiger partial charge in [-0.25, -0.2) is 4.79 Å². The van der Waals surface area contributed by atoms with Crippen molar-refractivity contribution in [3.8, 4) is 0 Å². The molecular formula is C7H13NO3S. The minimum Gasteiger partial charge on any atom is -0.478 e. The molecule has 0 heterocycles. The zero-order chi connectivity index (χ0) is 9.40. The van der Waals surface area contributed by atoms with Gasteiger partial charge in [0.1, 0.15) is 0 Å². The predicted molar refractivity (Wildman–Crippen MR) is 48.3 cm³/mol. The lowest BCUT2D eigenvalue weighted by molar-refractivity contribution is -0.131. The van der Waals surface area contributed by atoms with Crippen LogP contribution in [0.2, 0.25) is 0 Å². The molecular weight excluding hydrogens is 178 g/mol. The van der Waals surface area contributed by atoms with Crippen LogP contribution < -0.4 is 5.32 Å². The molecule has 5 heteroatoms. The lowest BCUT2D eigenvalue weighted by Crippen LogP contribution is -2.10. The van der Waals surface area contributed by atoms with E-state index in [2.05, 4.69) is 5.32 Å². The Hall–Kier alpha value is -0.840. The third-order valence-electron chi connectivity index (χ3n) is 1.10. The van der Waals surface area contributed by atoms with Crippen LogP contribution >= 0.6 is 0 Å². The van der Waals surface area contributed by atoms with Crippen LogP contribution in [0.25, 0.3) is 0 Å².